The molecule has 0 radical (unpaired) electrons. The van der Waals surface area contributed by atoms with Gasteiger partial charge in [-0.1, -0.05) is 25.3 Å². The summed E-state index contributed by atoms with van der Waals surface area (Å²) in [7, 11) is 0. The van der Waals surface area contributed by atoms with Crippen molar-refractivity contribution >= 4 is 17.0 Å². The van der Waals surface area contributed by atoms with Gasteiger partial charge in [0.05, 0.1) is 5.69 Å². The Morgan fingerprint density at radius 2 is 1.78 bits per heavy atom. The number of nitrogens with zero attached hydrogens (tertiary/aromatic N) is 5. The first-order valence-electron chi connectivity index (χ1n) is 11.2. The van der Waals surface area contributed by atoms with Crippen LogP contribution in [-0.4, -0.2) is 24.5 Å². The van der Waals surface area contributed by atoms with Crippen molar-refractivity contribution in [3.8, 4) is 11.3 Å². The van der Waals surface area contributed by atoms with Crippen LogP contribution >= 0.6 is 0 Å². The maximum atomic E-state index is 13.5. The molecular weight excluding hydrogens is 400 g/mol. The number of fused-ring (bicyclic) bond motifs is 1. The molecule has 4 heterocycles. The van der Waals surface area contributed by atoms with Gasteiger partial charge in [0.15, 0.2) is 11.5 Å². The first kappa shape index (κ1) is 20.3. The van der Waals surface area contributed by atoms with Gasteiger partial charge in [-0.05, 0) is 54.7 Å². The van der Waals surface area contributed by atoms with E-state index in [9.17, 15) is 4.79 Å². The van der Waals surface area contributed by atoms with E-state index in [-0.39, 0.29) is 5.56 Å². The highest BCUT2D eigenvalue weighted by Gasteiger charge is 2.19. The van der Waals surface area contributed by atoms with Crippen LogP contribution in [0.3, 0.4) is 0 Å². The lowest BCUT2D eigenvalue weighted by Gasteiger charge is -2.23. The molecule has 0 unspecified atom stereocenters. The Hall–Kier alpha value is -3.61. The molecule has 1 aliphatic carbocycles. The second-order valence-corrected chi connectivity index (χ2v) is 8.37. The highest BCUT2D eigenvalue weighted by Crippen LogP contribution is 2.26. The van der Waals surface area contributed by atoms with Crippen LogP contribution in [0.5, 0.6) is 0 Å². The third-order valence-corrected chi connectivity index (χ3v) is 6.11. The minimum Gasteiger partial charge on any atom is -0.361 e. The van der Waals surface area contributed by atoms with Crippen molar-refractivity contribution in [2.45, 2.75) is 45.2 Å². The summed E-state index contributed by atoms with van der Waals surface area (Å²) in [6, 6.07) is 11.6. The summed E-state index contributed by atoms with van der Waals surface area (Å²) in [6.45, 7) is 1.17. The molecule has 0 saturated heterocycles. The summed E-state index contributed by atoms with van der Waals surface area (Å²) >= 11 is 0. The largest absolute Gasteiger partial charge is 0.361 e. The highest BCUT2D eigenvalue weighted by molar-refractivity contribution is 5.76. The van der Waals surface area contributed by atoms with Gasteiger partial charge in [-0.15, -0.1) is 0 Å². The van der Waals surface area contributed by atoms with Crippen LogP contribution in [-0.2, 0) is 13.1 Å². The third-order valence-electron chi connectivity index (χ3n) is 6.11. The molecule has 162 valence electrons. The molecule has 4 aromatic rings. The molecule has 7 heteroatoms. The molecule has 0 aliphatic heterocycles. The number of nitrogens with one attached hydrogen (secondary N) is 1. The van der Waals surface area contributed by atoms with Gasteiger partial charge in [-0.25, -0.2) is 9.97 Å². The van der Waals surface area contributed by atoms with E-state index in [4.69, 9.17) is 4.98 Å². The Morgan fingerprint density at radius 3 is 2.56 bits per heavy atom. The van der Waals surface area contributed by atoms with Gasteiger partial charge in [0.2, 0.25) is 0 Å². The van der Waals surface area contributed by atoms with Crippen LogP contribution in [0.15, 0.2) is 66.0 Å². The molecule has 5 rings (SSSR count). The Bertz CT molecular complexity index is 1250. The van der Waals surface area contributed by atoms with E-state index in [0.717, 1.165) is 29.7 Å². The molecule has 1 fully saturated rings. The zero-order valence-corrected chi connectivity index (χ0v) is 17.9. The normalized spacial score (nSPS) is 14.5. The molecule has 0 amide bonds. The maximum Gasteiger partial charge on any atom is 0.294 e. The van der Waals surface area contributed by atoms with Crippen molar-refractivity contribution in [1.82, 2.24) is 24.5 Å². The molecule has 4 aromatic heterocycles. The number of anilines is 1. The van der Waals surface area contributed by atoms with Crippen LogP contribution in [0.1, 0.15) is 37.7 Å². The number of pyridine rings is 3. The zero-order chi connectivity index (χ0) is 21.8. The molecule has 1 aliphatic rings. The van der Waals surface area contributed by atoms with Crippen LogP contribution in [0.25, 0.3) is 22.4 Å². The molecule has 0 atom stereocenters. The summed E-state index contributed by atoms with van der Waals surface area (Å²) in [5, 5.41) is 3.22. The van der Waals surface area contributed by atoms with E-state index in [1.165, 1.54) is 19.3 Å². The smallest absolute Gasteiger partial charge is 0.294 e. The fraction of sp³-hybridized carbons (Fsp3) is 0.320. The van der Waals surface area contributed by atoms with Crippen molar-refractivity contribution in [1.29, 1.82) is 0 Å². The standard InChI is InChI=1S/C25H26N6O/c32-25-23(28-16-19-7-4-12-27-15-19)29-22-9-8-21(20-10-13-26-14-11-20)30-24(22)31(25)17-18-5-2-1-3-6-18/h4,7-15,18H,1-3,5-6,16-17H2,(H,28,29). The SMILES string of the molecule is O=c1c(NCc2cccnc2)nc2ccc(-c3ccncc3)nc2n1CC1CCCCC1. The lowest BCUT2D eigenvalue weighted by Crippen LogP contribution is -2.29. The monoisotopic (exact) mass is 426 g/mol. The number of hydrogen-bond donors (Lipinski definition) is 1. The van der Waals surface area contributed by atoms with E-state index < -0.39 is 0 Å². The van der Waals surface area contributed by atoms with Gasteiger partial charge in [-0.3, -0.25) is 19.3 Å². The lowest BCUT2D eigenvalue weighted by atomic mass is 9.89. The van der Waals surface area contributed by atoms with E-state index in [0.29, 0.717) is 36.0 Å². The Kier molecular flexibility index (Phi) is 5.87. The molecule has 1 saturated carbocycles. The summed E-state index contributed by atoms with van der Waals surface area (Å²) in [4.78, 5) is 31.2. The third kappa shape index (κ3) is 4.37. The molecule has 32 heavy (non-hydrogen) atoms. The minimum absolute atomic E-state index is 0.119. The summed E-state index contributed by atoms with van der Waals surface area (Å²) < 4.78 is 1.83. The molecular formula is C25H26N6O. The summed E-state index contributed by atoms with van der Waals surface area (Å²) in [5.74, 6) is 0.847. The topological polar surface area (TPSA) is 85.6 Å². The Balaban J connectivity index is 1.56. The first-order valence-corrected chi connectivity index (χ1v) is 11.2. The fourth-order valence-electron chi connectivity index (χ4n) is 4.40. The van der Waals surface area contributed by atoms with Gasteiger partial charge in [0.25, 0.3) is 5.56 Å². The Morgan fingerprint density at radius 1 is 0.938 bits per heavy atom. The summed E-state index contributed by atoms with van der Waals surface area (Å²) in [6.07, 6.45) is 13.1. The van der Waals surface area contributed by atoms with Gasteiger partial charge >= 0.3 is 0 Å². The number of hydrogen-bond acceptors (Lipinski definition) is 6. The lowest BCUT2D eigenvalue weighted by molar-refractivity contribution is 0.319. The van der Waals surface area contributed by atoms with Crippen molar-refractivity contribution in [2.75, 3.05) is 5.32 Å². The van der Waals surface area contributed by atoms with Gasteiger partial charge < -0.3 is 5.32 Å². The van der Waals surface area contributed by atoms with Gasteiger partial charge in [-0.2, -0.15) is 0 Å². The first-order chi connectivity index (χ1) is 15.8. The molecule has 0 bridgehead atoms. The molecule has 0 aromatic carbocycles. The van der Waals surface area contributed by atoms with E-state index in [1.807, 2.05) is 41.0 Å². The van der Waals surface area contributed by atoms with Crippen LogP contribution in [0.4, 0.5) is 5.82 Å². The second-order valence-electron chi connectivity index (χ2n) is 8.37. The number of rotatable bonds is 6. The van der Waals surface area contributed by atoms with E-state index in [2.05, 4.69) is 20.3 Å². The van der Waals surface area contributed by atoms with Crippen LogP contribution < -0.4 is 10.9 Å². The molecule has 7 nitrogen and oxygen atoms in total. The molecule has 1 N–H and O–H groups in total. The van der Waals surface area contributed by atoms with E-state index >= 15 is 0 Å². The minimum atomic E-state index is -0.119. The Labute approximate surface area is 186 Å². The second kappa shape index (κ2) is 9.26. The van der Waals surface area contributed by atoms with Gasteiger partial charge in [0, 0.05) is 43.4 Å². The predicted molar refractivity (Wildman–Crippen MR) is 125 cm³/mol. The van der Waals surface area contributed by atoms with Crippen molar-refractivity contribution in [2.24, 2.45) is 5.92 Å². The van der Waals surface area contributed by atoms with E-state index in [1.54, 1.807) is 24.8 Å². The van der Waals surface area contributed by atoms with Gasteiger partial charge in [0.1, 0.15) is 5.52 Å². The highest BCUT2D eigenvalue weighted by atomic mass is 16.1. The average Bonchev–Trinajstić information content (AvgIpc) is 2.86. The van der Waals surface area contributed by atoms with Crippen LogP contribution in [0.2, 0.25) is 0 Å². The molecule has 0 spiro atoms. The number of aromatic nitrogens is 5. The maximum absolute atomic E-state index is 13.5. The van der Waals surface area contributed by atoms with Crippen molar-refractivity contribution in [3.63, 3.8) is 0 Å². The van der Waals surface area contributed by atoms with Crippen LogP contribution in [0, 0.1) is 5.92 Å². The average molecular weight is 427 g/mol. The predicted octanol–water partition coefficient (Wildman–Crippen LogP) is 4.44. The van der Waals surface area contributed by atoms with Crippen molar-refractivity contribution in [3.05, 3.63) is 77.1 Å². The quantitative estimate of drug-likeness (QED) is 0.491. The summed E-state index contributed by atoms with van der Waals surface area (Å²) in [5.41, 5.74) is 4.02. The fourth-order valence-corrected chi connectivity index (χ4v) is 4.40. The zero-order valence-electron chi connectivity index (χ0n) is 17.9. The van der Waals surface area contributed by atoms with Crippen molar-refractivity contribution < 1.29 is 0 Å².